The molecule has 5 heteroatoms. The molecule has 0 spiro atoms. The van der Waals surface area contributed by atoms with Crippen LogP contribution in [0.1, 0.15) is 18.1 Å². The van der Waals surface area contributed by atoms with Crippen LogP contribution in [0.4, 0.5) is 13.2 Å². The maximum Gasteiger partial charge on any atom is 0.419 e. The zero-order chi connectivity index (χ0) is 12.3. The van der Waals surface area contributed by atoms with Crippen molar-refractivity contribution >= 4 is 0 Å². The maximum atomic E-state index is 12.5. The van der Waals surface area contributed by atoms with Crippen LogP contribution < -0.4 is 10.5 Å². The first-order valence-corrected chi connectivity index (χ1v) is 4.84. The Kier molecular flexibility index (Phi) is 3.80. The van der Waals surface area contributed by atoms with Crippen LogP contribution in [0.25, 0.3) is 0 Å². The third kappa shape index (κ3) is 3.13. The molecule has 0 unspecified atom stereocenters. The first-order valence-electron chi connectivity index (χ1n) is 4.84. The Bertz CT molecular complexity index is 361. The third-order valence-electron chi connectivity index (χ3n) is 2.13. The van der Waals surface area contributed by atoms with E-state index in [1.807, 2.05) is 0 Å². The molecule has 2 N–H and O–H groups in total. The number of benzene rings is 1. The minimum absolute atomic E-state index is 0.0959. The quantitative estimate of drug-likeness (QED) is 0.870. The number of hydrogen-bond acceptors (Lipinski definition) is 2. The topological polar surface area (TPSA) is 35.2 Å². The number of methoxy groups -OCH3 is 1. The summed E-state index contributed by atoms with van der Waals surface area (Å²) in [4.78, 5) is 0. The van der Waals surface area contributed by atoms with E-state index in [1.54, 1.807) is 6.92 Å². The van der Waals surface area contributed by atoms with E-state index < -0.39 is 11.7 Å². The Balaban J connectivity index is 3.07. The number of halogens is 3. The lowest BCUT2D eigenvalue weighted by Crippen LogP contribution is -2.18. The van der Waals surface area contributed by atoms with Gasteiger partial charge in [0.05, 0.1) is 12.7 Å². The Morgan fingerprint density at radius 2 is 2.00 bits per heavy atom. The summed E-state index contributed by atoms with van der Waals surface area (Å²) >= 11 is 0. The van der Waals surface area contributed by atoms with Crippen molar-refractivity contribution in [2.75, 3.05) is 7.11 Å². The summed E-state index contributed by atoms with van der Waals surface area (Å²) in [6.07, 6.45) is -3.87. The molecule has 16 heavy (non-hydrogen) atoms. The lowest BCUT2D eigenvalue weighted by atomic mass is 10.0. The van der Waals surface area contributed by atoms with Crippen LogP contribution in [-0.4, -0.2) is 13.2 Å². The number of rotatable bonds is 3. The fourth-order valence-corrected chi connectivity index (χ4v) is 1.47. The average molecular weight is 233 g/mol. The van der Waals surface area contributed by atoms with Crippen LogP contribution in [-0.2, 0) is 12.6 Å². The molecule has 0 aliphatic heterocycles. The van der Waals surface area contributed by atoms with Gasteiger partial charge in [-0.25, -0.2) is 0 Å². The monoisotopic (exact) mass is 233 g/mol. The van der Waals surface area contributed by atoms with Crippen LogP contribution >= 0.6 is 0 Å². The number of ether oxygens (including phenoxy) is 1. The lowest BCUT2D eigenvalue weighted by Gasteiger charge is -2.13. The van der Waals surface area contributed by atoms with Gasteiger partial charge in [-0.05, 0) is 31.0 Å². The van der Waals surface area contributed by atoms with Crippen molar-refractivity contribution < 1.29 is 17.9 Å². The van der Waals surface area contributed by atoms with E-state index in [0.29, 0.717) is 6.42 Å². The van der Waals surface area contributed by atoms with E-state index in [4.69, 9.17) is 10.5 Å². The molecule has 0 bridgehead atoms. The minimum atomic E-state index is -4.39. The van der Waals surface area contributed by atoms with Crippen molar-refractivity contribution in [3.63, 3.8) is 0 Å². The highest BCUT2D eigenvalue weighted by Crippen LogP contribution is 2.36. The number of alkyl halides is 3. The highest BCUT2D eigenvalue weighted by molar-refractivity contribution is 5.39. The van der Waals surface area contributed by atoms with Crippen molar-refractivity contribution in [3.8, 4) is 5.75 Å². The smallest absolute Gasteiger partial charge is 0.419 e. The molecule has 0 saturated carbocycles. The van der Waals surface area contributed by atoms with E-state index in [-0.39, 0.29) is 11.8 Å². The van der Waals surface area contributed by atoms with Crippen LogP contribution in [0.2, 0.25) is 0 Å². The average Bonchev–Trinajstić information content (AvgIpc) is 2.14. The van der Waals surface area contributed by atoms with Gasteiger partial charge in [-0.3, -0.25) is 0 Å². The molecule has 0 aliphatic rings. The Labute approximate surface area is 92.2 Å². The summed E-state index contributed by atoms with van der Waals surface area (Å²) in [5, 5.41) is 0. The van der Waals surface area contributed by atoms with Crippen LogP contribution in [0.15, 0.2) is 18.2 Å². The van der Waals surface area contributed by atoms with Crippen LogP contribution in [0.5, 0.6) is 5.75 Å². The van der Waals surface area contributed by atoms with Gasteiger partial charge in [0.25, 0.3) is 0 Å². The zero-order valence-electron chi connectivity index (χ0n) is 9.14. The van der Waals surface area contributed by atoms with Gasteiger partial charge in [0.2, 0.25) is 0 Å². The second-order valence-corrected chi connectivity index (χ2v) is 3.71. The molecule has 0 heterocycles. The molecule has 0 aliphatic carbocycles. The predicted molar refractivity (Wildman–Crippen MR) is 55.3 cm³/mol. The molecule has 0 amide bonds. The normalized spacial score (nSPS) is 13.6. The van der Waals surface area contributed by atoms with Crippen LogP contribution in [0.3, 0.4) is 0 Å². The number of nitrogens with two attached hydrogens (primary N) is 1. The molecule has 1 aromatic rings. The van der Waals surface area contributed by atoms with Crippen molar-refractivity contribution in [2.24, 2.45) is 5.73 Å². The third-order valence-corrected chi connectivity index (χ3v) is 2.13. The van der Waals surface area contributed by atoms with E-state index in [0.717, 1.165) is 11.6 Å². The second-order valence-electron chi connectivity index (χ2n) is 3.71. The Hall–Kier alpha value is -1.23. The van der Waals surface area contributed by atoms with Gasteiger partial charge in [-0.2, -0.15) is 13.2 Å². The highest BCUT2D eigenvalue weighted by atomic mass is 19.4. The summed E-state index contributed by atoms with van der Waals surface area (Å²) in [5.74, 6) is -0.161. The second kappa shape index (κ2) is 4.74. The van der Waals surface area contributed by atoms with Crippen molar-refractivity contribution in [3.05, 3.63) is 29.3 Å². The predicted octanol–water partition coefficient (Wildman–Crippen LogP) is 2.60. The largest absolute Gasteiger partial charge is 0.496 e. The van der Waals surface area contributed by atoms with Gasteiger partial charge < -0.3 is 10.5 Å². The van der Waals surface area contributed by atoms with Gasteiger partial charge >= 0.3 is 6.18 Å². The molecule has 1 atom stereocenters. The molecule has 90 valence electrons. The SMILES string of the molecule is COc1cc(C[C@H](C)N)ccc1C(F)(F)F. The zero-order valence-corrected chi connectivity index (χ0v) is 9.14. The van der Waals surface area contributed by atoms with Gasteiger partial charge in [0.15, 0.2) is 0 Å². The molecule has 1 rings (SSSR count). The van der Waals surface area contributed by atoms with Crippen molar-refractivity contribution in [1.82, 2.24) is 0 Å². The molecule has 1 aromatic carbocycles. The van der Waals surface area contributed by atoms with Gasteiger partial charge in [0.1, 0.15) is 5.75 Å². The Morgan fingerprint density at radius 1 is 1.38 bits per heavy atom. The van der Waals surface area contributed by atoms with E-state index in [2.05, 4.69) is 0 Å². The maximum absolute atomic E-state index is 12.5. The lowest BCUT2D eigenvalue weighted by molar-refractivity contribution is -0.138. The minimum Gasteiger partial charge on any atom is -0.496 e. The molecule has 0 aromatic heterocycles. The van der Waals surface area contributed by atoms with E-state index in [9.17, 15) is 13.2 Å². The summed E-state index contributed by atoms with van der Waals surface area (Å²) in [6, 6.07) is 3.73. The summed E-state index contributed by atoms with van der Waals surface area (Å²) in [7, 11) is 1.22. The Morgan fingerprint density at radius 3 is 2.44 bits per heavy atom. The summed E-state index contributed by atoms with van der Waals surface area (Å²) < 4.78 is 42.3. The van der Waals surface area contributed by atoms with Gasteiger partial charge in [0, 0.05) is 6.04 Å². The molecular formula is C11H14F3NO. The first-order chi connectivity index (χ1) is 7.34. The fraction of sp³-hybridized carbons (Fsp3) is 0.455. The highest BCUT2D eigenvalue weighted by Gasteiger charge is 2.34. The first kappa shape index (κ1) is 12.8. The van der Waals surface area contributed by atoms with Gasteiger partial charge in [-0.15, -0.1) is 0 Å². The molecule has 2 nitrogen and oxygen atoms in total. The van der Waals surface area contributed by atoms with Gasteiger partial charge in [-0.1, -0.05) is 6.07 Å². The van der Waals surface area contributed by atoms with E-state index in [1.165, 1.54) is 19.2 Å². The van der Waals surface area contributed by atoms with Crippen molar-refractivity contribution in [1.29, 1.82) is 0 Å². The number of hydrogen-bond donors (Lipinski definition) is 1. The van der Waals surface area contributed by atoms with E-state index >= 15 is 0 Å². The standard InChI is InChI=1S/C11H14F3NO/c1-7(15)5-8-3-4-9(11(12,13)14)10(6-8)16-2/h3-4,6-7H,5,15H2,1-2H3/t7-/m0/s1. The van der Waals surface area contributed by atoms with Crippen LogP contribution in [0, 0.1) is 0 Å². The van der Waals surface area contributed by atoms with Crippen molar-refractivity contribution in [2.45, 2.75) is 25.6 Å². The molecular weight excluding hydrogens is 219 g/mol. The fourth-order valence-electron chi connectivity index (χ4n) is 1.47. The molecule has 0 fully saturated rings. The molecule has 0 saturated heterocycles. The summed E-state index contributed by atoms with van der Waals surface area (Å²) in [5.41, 5.74) is 5.55. The molecule has 0 radical (unpaired) electrons. The summed E-state index contributed by atoms with van der Waals surface area (Å²) in [6.45, 7) is 1.80.